The summed E-state index contributed by atoms with van der Waals surface area (Å²) in [4.78, 5) is 28.8. The van der Waals surface area contributed by atoms with Gasteiger partial charge in [0.25, 0.3) is 5.91 Å². The molecule has 3 aromatic heterocycles. The first-order chi connectivity index (χ1) is 17.1. The Balaban J connectivity index is 1.42. The molecule has 2 aliphatic rings. The van der Waals surface area contributed by atoms with Gasteiger partial charge >= 0.3 is 0 Å². The van der Waals surface area contributed by atoms with Crippen LogP contribution in [-0.2, 0) is 24.5 Å². The summed E-state index contributed by atoms with van der Waals surface area (Å²) in [6.07, 6.45) is 5.35. The molecule has 172 valence electrons. The first kappa shape index (κ1) is 21.7. The molecule has 7 nitrogen and oxygen atoms in total. The summed E-state index contributed by atoms with van der Waals surface area (Å²) in [5, 5.41) is 10.6. The fourth-order valence-electron chi connectivity index (χ4n) is 4.55. The van der Waals surface area contributed by atoms with Gasteiger partial charge in [0.15, 0.2) is 0 Å². The molecule has 0 atom stereocenters. The Labute approximate surface area is 207 Å². The number of aromatic nitrogens is 3. The minimum absolute atomic E-state index is 0.203. The Morgan fingerprint density at radius 3 is 2.77 bits per heavy atom. The third-order valence-electron chi connectivity index (χ3n) is 6.49. The normalized spacial score (nSPS) is 14.5. The molecule has 1 aromatic carbocycles. The highest BCUT2D eigenvalue weighted by Crippen LogP contribution is 2.43. The first-order valence-electron chi connectivity index (χ1n) is 11.4. The number of nitriles is 1. The Bertz CT molecular complexity index is 1510. The van der Waals surface area contributed by atoms with Gasteiger partial charge in [-0.2, -0.15) is 5.26 Å². The highest BCUT2D eigenvalue weighted by molar-refractivity contribution is 6.30. The van der Waals surface area contributed by atoms with E-state index in [2.05, 4.69) is 15.0 Å². The molecule has 0 saturated heterocycles. The van der Waals surface area contributed by atoms with Crippen LogP contribution in [0.5, 0.6) is 0 Å². The number of pyridine rings is 3. The zero-order valence-electron chi connectivity index (χ0n) is 18.7. The Hall–Kier alpha value is -3.86. The molecule has 1 amide bonds. The molecule has 1 saturated carbocycles. The number of nitrogens with zero attached hydrogens (tertiary/aromatic N) is 5. The standard InChI is InChI=1S/C27H20ClN5O2/c28-26-22-15-35-14-21(22)20-8-3-16(10-23(20)32-26)13-33(24-2-1-9-30-25(24)17-4-5-17)27(34)18-6-7-19(11-29)31-12-18/h1-3,6-10,12,17H,4-5,13-15H2. The Morgan fingerprint density at radius 1 is 1.14 bits per heavy atom. The van der Waals surface area contributed by atoms with Crippen molar-refractivity contribution >= 4 is 34.1 Å². The number of benzene rings is 1. The van der Waals surface area contributed by atoms with E-state index in [0.717, 1.165) is 51.8 Å². The van der Waals surface area contributed by atoms with E-state index in [-0.39, 0.29) is 11.6 Å². The summed E-state index contributed by atoms with van der Waals surface area (Å²) in [6.45, 7) is 1.32. The van der Waals surface area contributed by atoms with Gasteiger partial charge in [-0.15, -0.1) is 0 Å². The van der Waals surface area contributed by atoms with Crippen LogP contribution in [0.1, 0.15) is 57.2 Å². The minimum Gasteiger partial charge on any atom is -0.372 e. The van der Waals surface area contributed by atoms with Crippen LogP contribution in [0.15, 0.2) is 54.9 Å². The van der Waals surface area contributed by atoms with E-state index in [1.807, 2.05) is 36.4 Å². The lowest BCUT2D eigenvalue weighted by Crippen LogP contribution is -2.31. The van der Waals surface area contributed by atoms with Crippen molar-refractivity contribution in [2.75, 3.05) is 4.90 Å². The zero-order valence-corrected chi connectivity index (χ0v) is 19.5. The smallest absolute Gasteiger partial charge is 0.260 e. The van der Waals surface area contributed by atoms with Crippen molar-refractivity contribution in [2.24, 2.45) is 0 Å². The highest BCUT2D eigenvalue weighted by atomic mass is 35.5. The highest BCUT2D eigenvalue weighted by Gasteiger charge is 2.31. The van der Waals surface area contributed by atoms with E-state index in [9.17, 15) is 4.79 Å². The molecular formula is C27H20ClN5O2. The predicted octanol–water partition coefficient (Wildman–Crippen LogP) is 5.30. The van der Waals surface area contributed by atoms with E-state index in [1.165, 1.54) is 6.20 Å². The van der Waals surface area contributed by atoms with Crippen molar-refractivity contribution in [2.45, 2.75) is 38.5 Å². The second-order valence-corrected chi connectivity index (χ2v) is 9.18. The number of halogens is 1. The fourth-order valence-corrected chi connectivity index (χ4v) is 4.81. The van der Waals surface area contributed by atoms with Crippen molar-refractivity contribution in [1.29, 1.82) is 5.26 Å². The fraction of sp³-hybridized carbons (Fsp3) is 0.222. The van der Waals surface area contributed by atoms with Crippen molar-refractivity contribution in [3.05, 3.63) is 93.7 Å². The average molecular weight is 482 g/mol. The van der Waals surface area contributed by atoms with Gasteiger partial charge in [0, 0.05) is 29.3 Å². The molecule has 6 rings (SSSR count). The number of rotatable bonds is 5. The van der Waals surface area contributed by atoms with Crippen molar-refractivity contribution < 1.29 is 9.53 Å². The maximum Gasteiger partial charge on any atom is 0.260 e. The van der Waals surface area contributed by atoms with Gasteiger partial charge in [-0.3, -0.25) is 9.78 Å². The summed E-state index contributed by atoms with van der Waals surface area (Å²) in [6, 6.07) is 15.0. The van der Waals surface area contributed by atoms with E-state index in [1.54, 1.807) is 23.2 Å². The van der Waals surface area contributed by atoms with E-state index >= 15 is 0 Å². The maximum atomic E-state index is 13.7. The first-order valence-corrected chi connectivity index (χ1v) is 11.8. The van der Waals surface area contributed by atoms with Crippen molar-refractivity contribution in [1.82, 2.24) is 15.0 Å². The summed E-state index contributed by atoms with van der Waals surface area (Å²) < 4.78 is 5.58. The van der Waals surface area contributed by atoms with E-state index in [0.29, 0.717) is 36.4 Å². The molecule has 0 N–H and O–H groups in total. The lowest BCUT2D eigenvalue weighted by atomic mass is 10.0. The largest absolute Gasteiger partial charge is 0.372 e. The molecule has 1 aliphatic carbocycles. The Morgan fingerprint density at radius 2 is 2.00 bits per heavy atom. The maximum absolute atomic E-state index is 13.7. The molecule has 0 spiro atoms. The number of amides is 1. The Kier molecular flexibility index (Phi) is 5.40. The van der Waals surface area contributed by atoms with Gasteiger partial charge in [0.2, 0.25) is 0 Å². The molecular weight excluding hydrogens is 462 g/mol. The predicted molar refractivity (Wildman–Crippen MR) is 131 cm³/mol. The van der Waals surface area contributed by atoms with Crippen LogP contribution in [0.2, 0.25) is 5.15 Å². The second kappa shape index (κ2) is 8.73. The van der Waals surface area contributed by atoms with Gasteiger partial charge in [0.1, 0.15) is 16.9 Å². The van der Waals surface area contributed by atoms with Crippen LogP contribution in [0.4, 0.5) is 5.69 Å². The molecule has 1 fully saturated rings. The second-order valence-electron chi connectivity index (χ2n) is 8.82. The number of carbonyl (C=O) groups is 1. The number of ether oxygens (including phenoxy) is 1. The lowest BCUT2D eigenvalue weighted by molar-refractivity contribution is 0.0984. The third kappa shape index (κ3) is 4.01. The number of anilines is 1. The molecule has 1 aliphatic heterocycles. The molecule has 0 radical (unpaired) electrons. The molecule has 4 aromatic rings. The number of carbonyl (C=O) groups excluding carboxylic acids is 1. The molecule has 4 heterocycles. The van der Waals surface area contributed by atoms with Crippen LogP contribution in [0, 0.1) is 11.3 Å². The summed E-state index contributed by atoms with van der Waals surface area (Å²) in [5.74, 6) is 0.158. The van der Waals surface area contributed by atoms with Gasteiger partial charge in [0.05, 0.1) is 42.2 Å². The summed E-state index contributed by atoms with van der Waals surface area (Å²) >= 11 is 6.43. The number of fused-ring (bicyclic) bond motifs is 3. The minimum atomic E-state index is -0.203. The van der Waals surface area contributed by atoms with Gasteiger partial charge in [-0.05, 0) is 54.3 Å². The van der Waals surface area contributed by atoms with Crippen molar-refractivity contribution in [3.8, 4) is 6.07 Å². The summed E-state index contributed by atoms with van der Waals surface area (Å²) in [5.41, 5.74) is 6.11. The topological polar surface area (TPSA) is 92.0 Å². The van der Waals surface area contributed by atoms with Crippen molar-refractivity contribution in [3.63, 3.8) is 0 Å². The molecule has 35 heavy (non-hydrogen) atoms. The quantitative estimate of drug-likeness (QED) is 0.359. The van der Waals surface area contributed by atoms with Crippen LogP contribution in [0.3, 0.4) is 0 Å². The monoisotopic (exact) mass is 481 g/mol. The van der Waals surface area contributed by atoms with Gasteiger partial charge in [-0.25, -0.2) is 9.97 Å². The molecule has 8 heteroatoms. The SMILES string of the molecule is N#Cc1ccc(C(=O)N(Cc2ccc3c4c(c(Cl)nc3c2)COC4)c2cccnc2C2CC2)cn1. The third-order valence-corrected chi connectivity index (χ3v) is 6.81. The van der Waals surface area contributed by atoms with E-state index in [4.69, 9.17) is 21.6 Å². The van der Waals surface area contributed by atoms with Crippen LogP contribution >= 0.6 is 11.6 Å². The summed E-state index contributed by atoms with van der Waals surface area (Å²) in [7, 11) is 0. The van der Waals surface area contributed by atoms with Crippen LogP contribution < -0.4 is 4.90 Å². The number of hydrogen-bond acceptors (Lipinski definition) is 6. The van der Waals surface area contributed by atoms with Gasteiger partial charge < -0.3 is 9.64 Å². The molecule has 0 bridgehead atoms. The van der Waals surface area contributed by atoms with E-state index < -0.39 is 0 Å². The van der Waals surface area contributed by atoms with Crippen LogP contribution in [0.25, 0.3) is 10.9 Å². The van der Waals surface area contributed by atoms with Crippen LogP contribution in [-0.4, -0.2) is 20.9 Å². The average Bonchev–Trinajstić information content (AvgIpc) is 3.62. The number of hydrogen-bond donors (Lipinski definition) is 0. The zero-order chi connectivity index (χ0) is 23.9. The lowest BCUT2D eigenvalue weighted by Gasteiger charge is -2.25. The molecule has 0 unspecified atom stereocenters. The van der Waals surface area contributed by atoms with Gasteiger partial charge in [-0.1, -0.05) is 23.7 Å².